The number of nitrogens with two attached hydrogens (primary N) is 2. The highest BCUT2D eigenvalue weighted by Gasteiger charge is 2.34. The van der Waals surface area contributed by atoms with Crippen molar-refractivity contribution in [1.82, 2.24) is 15.5 Å². The van der Waals surface area contributed by atoms with Crippen molar-refractivity contribution in [3.8, 4) is 17.0 Å². The van der Waals surface area contributed by atoms with Gasteiger partial charge in [-0.2, -0.15) is 0 Å². The van der Waals surface area contributed by atoms with Gasteiger partial charge in [-0.1, -0.05) is 30.3 Å². The van der Waals surface area contributed by atoms with E-state index in [-0.39, 0.29) is 30.1 Å². The molecule has 3 aromatic rings. The Bertz CT molecular complexity index is 1220. The molecule has 1 unspecified atom stereocenters. The average molecular weight is 538 g/mol. The van der Waals surface area contributed by atoms with Crippen LogP contribution in [0.4, 0.5) is 17.2 Å². The molecule has 202 valence electrons. The predicted octanol–water partition coefficient (Wildman–Crippen LogP) is 3.18. The average Bonchev–Trinajstić information content (AvgIpc) is 2.93. The lowest BCUT2D eigenvalue weighted by molar-refractivity contribution is -0.122. The van der Waals surface area contributed by atoms with Crippen LogP contribution in [-0.2, 0) is 4.79 Å². The first kappa shape index (κ1) is 27.5. The van der Waals surface area contributed by atoms with Crippen LogP contribution in [0.5, 0.6) is 5.75 Å². The van der Waals surface area contributed by atoms with Crippen LogP contribution in [-0.4, -0.2) is 59.5 Å². The Balaban J connectivity index is 0.00000336. The molecule has 0 bridgehead atoms. The van der Waals surface area contributed by atoms with E-state index in [4.69, 9.17) is 11.5 Å². The van der Waals surface area contributed by atoms with Crippen molar-refractivity contribution in [3.05, 3.63) is 60.7 Å². The molecule has 1 aliphatic carbocycles. The molecule has 2 aromatic carbocycles. The minimum atomic E-state index is -0.400. The molecule has 2 heterocycles. The maximum absolute atomic E-state index is 13.6. The highest BCUT2D eigenvalue weighted by molar-refractivity contribution is 5.87. The second-order valence-electron chi connectivity index (χ2n) is 10.0. The third kappa shape index (κ3) is 6.11. The first-order valence-corrected chi connectivity index (χ1v) is 13.0. The van der Waals surface area contributed by atoms with E-state index in [0.717, 1.165) is 31.4 Å². The van der Waals surface area contributed by atoms with Crippen molar-refractivity contribution in [2.24, 2.45) is 11.7 Å². The van der Waals surface area contributed by atoms with E-state index in [0.29, 0.717) is 54.9 Å². The van der Waals surface area contributed by atoms with Gasteiger partial charge in [-0.05, 0) is 61.9 Å². The normalized spacial score (nSPS) is 21.4. The predicted molar refractivity (Wildman–Crippen MR) is 154 cm³/mol. The second kappa shape index (κ2) is 12.3. The smallest absolute Gasteiger partial charge is 0.244 e. The molecular formula is C28H36ClN7O2. The number of anilines is 3. The summed E-state index contributed by atoms with van der Waals surface area (Å²) in [6, 6.07) is 18.8. The molecule has 0 spiro atoms. The van der Waals surface area contributed by atoms with Crippen LogP contribution in [0.1, 0.15) is 25.7 Å². The Kier molecular flexibility index (Phi) is 8.91. The summed E-state index contributed by atoms with van der Waals surface area (Å²) in [6.07, 6.45) is 4.13. The van der Waals surface area contributed by atoms with Crippen LogP contribution in [0.15, 0.2) is 60.7 Å². The van der Waals surface area contributed by atoms with Gasteiger partial charge in [0.1, 0.15) is 11.8 Å². The van der Waals surface area contributed by atoms with Gasteiger partial charge in [-0.3, -0.25) is 4.79 Å². The van der Waals surface area contributed by atoms with Crippen molar-refractivity contribution in [1.29, 1.82) is 0 Å². The van der Waals surface area contributed by atoms with Gasteiger partial charge < -0.3 is 31.7 Å². The molecule has 0 radical (unpaired) electrons. The van der Waals surface area contributed by atoms with E-state index in [2.05, 4.69) is 25.3 Å². The summed E-state index contributed by atoms with van der Waals surface area (Å²) in [5.41, 5.74) is 15.2. The van der Waals surface area contributed by atoms with Crippen molar-refractivity contribution in [2.75, 3.05) is 41.7 Å². The Labute approximate surface area is 229 Å². The largest absolute Gasteiger partial charge is 0.507 e. The number of carbonyl (C=O) groups is 1. The van der Waals surface area contributed by atoms with E-state index < -0.39 is 6.04 Å². The molecule has 1 atom stereocenters. The fraction of sp³-hybridized carbons (Fsp3) is 0.393. The highest BCUT2D eigenvalue weighted by atomic mass is 35.5. The number of para-hydroxylation sites is 2. The van der Waals surface area contributed by atoms with Crippen molar-refractivity contribution < 1.29 is 9.90 Å². The highest BCUT2D eigenvalue weighted by Crippen LogP contribution is 2.33. The molecule has 10 heteroatoms. The Hall–Kier alpha value is -3.56. The molecule has 5 rings (SSSR count). The number of aromatic nitrogens is 2. The summed E-state index contributed by atoms with van der Waals surface area (Å²) >= 11 is 0. The standard InChI is InChI=1S/C28H35N7O2.ClH/c29-20-12-10-19(11-13-20)17-31-28(37)25-18-34(14-15-35(25)21-6-2-1-3-7-21)24-16-23(32-33-27(24)30)22-8-4-5-9-26(22)36;/h1-9,16,19-20,25,36H,10-15,17-18,29H2,(H2,30,33)(H,31,37);1H. The van der Waals surface area contributed by atoms with Crippen LogP contribution >= 0.6 is 12.4 Å². The van der Waals surface area contributed by atoms with Gasteiger partial charge in [0.25, 0.3) is 0 Å². The lowest BCUT2D eigenvalue weighted by Gasteiger charge is -2.43. The number of phenols is 1. The van der Waals surface area contributed by atoms with Gasteiger partial charge in [-0.15, -0.1) is 22.6 Å². The molecule has 38 heavy (non-hydrogen) atoms. The summed E-state index contributed by atoms with van der Waals surface area (Å²) in [6.45, 7) is 2.43. The molecule has 1 aliphatic heterocycles. The monoisotopic (exact) mass is 537 g/mol. The topological polar surface area (TPSA) is 134 Å². The zero-order chi connectivity index (χ0) is 25.8. The summed E-state index contributed by atoms with van der Waals surface area (Å²) < 4.78 is 0. The number of aromatic hydroxyl groups is 1. The first-order chi connectivity index (χ1) is 18.0. The number of carbonyl (C=O) groups excluding carboxylic acids is 1. The van der Waals surface area contributed by atoms with Crippen LogP contribution in [0.3, 0.4) is 0 Å². The van der Waals surface area contributed by atoms with E-state index >= 15 is 0 Å². The number of hydrogen-bond acceptors (Lipinski definition) is 8. The number of piperazine rings is 1. The third-order valence-corrected chi connectivity index (χ3v) is 7.55. The molecule has 6 N–H and O–H groups in total. The summed E-state index contributed by atoms with van der Waals surface area (Å²) in [4.78, 5) is 17.8. The van der Waals surface area contributed by atoms with E-state index in [9.17, 15) is 9.90 Å². The number of phenolic OH excluding ortho intramolecular Hbond substituents is 1. The fourth-order valence-corrected chi connectivity index (χ4v) is 5.38. The van der Waals surface area contributed by atoms with Gasteiger partial charge >= 0.3 is 0 Å². The third-order valence-electron chi connectivity index (χ3n) is 7.55. The minimum Gasteiger partial charge on any atom is -0.507 e. The van der Waals surface area contributed by atoms with Crippen molar-refractivity contribution >= 4 is 35.5 Å². The fourth-order valence-electron chi connectivity index (χ4n) is 5.38. The number of halogens is 1. The molecule has 1 amide bonds. The zero-order valence-electron chi connectivity index (χ0n) is 21.4. The summed E-state index contributed by atoms with van der Waals surface area (Å²) in [7, 11) is 0. The number of benzene rings is 2. The number of nitrogen functional groups attached to an aromatic ring is 1. The van der Waals surface area contributed by atoms with Crippen LogP contribution in [0.2, 0.25) is 0 Å². The molecule has 1 saturated heterocycles. The summed E-state index contributed by atoms with van der Waals surface area (Å²) in [5, 5.41) is 21.9. The Morgan fingerprint density at radius 3 is 2.45 bits per heavy atom. The Morgan fingerprint density at radius 1 is 1.00 bits per heavy atom. The SMILES string of the molecule is Cl.Nc1nnc(-c2ccccc2O)cc1N1CCN(c2ccccc2)C(C(=O)NCC2CCC(N)CC2)C1. The maximum atomic E-state index is 13.6. The lowest BCUT2D eigenvalue weighted by Crippen LogP contribution is -2.60. The molecule has 1 saturated carbocycles. The van der Waals surface area contributed by atoms with Crippen LogP contribution < -0.4 is 26.6 Å². The molecule has 2 aliphatic rings. The second-order valence-corrected chi connectivity index (χ2v) is 10.0. The number of nitrogens with one attached hydrogen (secondary N) is 1. The van der Waals surface area contributed by atoms with Gasteiger partial charge in [0.15, 0.2) is 5.82 Å². The Morgan fingerprint density at radius 2 is 1.71 bits per heavy atom. The van der Waals surface area contributed by atoms with Crippen LogP contribution in [0, 0.1) is 5.92 Å². The van der Waals surface area contributed by atoms with E-state index in [1.54, 1.807) is 18.2 Å². The maximum Gasteiger partial charge on any atom is 0.244 e. The van der Waals surface area contributed by atoms with Crippen LogP contribution in [0.25, 0.3) is 11.3 Å². The number of nitrogens with zero attached hydrogens (tertiary/aromatic N) is 4. The zero-order valence-corrected chi connectivity index (χ0v) is 22.2. The number of hydrogen-bond donors (Lipinski definition) is 4. The van der Waals surface area contributed by atoms with E-state index in [1.807, 2.05) is 42.5 Å². The molecule has 9 nitrogen and oxygen atoms in total. The molecule has 2 fully saturated rings. The lowest BCUT2D eigenvalue weighted by atomic mass is 9.86. The minimum absolute atomic E-state index is 0. The van der Waals surface area contributed by atoms with Gasteiger partial charge in [0, 0.05) is 43.5 Å². The van der Waals surface area contributed by atoms with Gasteiger partial charge in [-0.25, -0.2) is 0 Å². The number of amides is 1. The first-order valence-electron chi connectivity index (χ1n) is 13.0. The quantitative estimate of drug-likeness (QED) is 0.377. The summed E-state index contributed by atoms with van der Waals surface area (Å²) in [5.74, 6) is 0.895. The van der Waals surface area contributed by atoms with Gasteiger partial charge in [0.05, 0.1) is 11.4 Å². The van der Waals surface area contributed by atoms with Gasteiger partial charge in [0.2, 0.25) is 5.91 Å². The van der Waals surface area contributed by atoms with Crippen molar-refractivity contribution in [2.45, 2.75) is 37.8 Å². The molecule has 1 aromatic heterocycles. The number of rotatable bonds is 6. The molecular weight excluding hydrogens is 502 g/mol. The van der Waals surface area contributed by atoms with Crippen molar-refractivity contribution in [3.63, 3.8) is 0 Å². The van der Waals surface area contributed by atoms with E-state index in [1.165, 1.54) is 0 Å².